The van der Waals surface area contributed by atoms with Gasteiger partial charge in [-0.3, -0.25) is 4.79 Å². The molecule has 0 saturated heterocycles. The number of carbonyl (C=O) groups excluding carboxylic acids is 2. The summed E-state index contributed by atoms with van der Waals surface area (Å²) in [6.07, 6.45) is 2.39. The molecule has 21 heavy (non-hydrogen) atoms. The summed E-state index contributed by atoms with van der Waals surface area (Å²) in [7, 11) is 0. The first-order chi connectivity index (χ1) is 9.97. The fraction of sp³-hybridized carbons (Fsp3) is 0.188. The normalized spacial score (nSPS) is 10.2. The zero-order valence-electron chi connectivity index (χ0n) is 11.8. The van der Waals surface area contributed by atoms with E-state index in [1.54, 1.807) is 6.07 Å². The van der Waals surface area contributed by atoms with E-state index >= 15 is 0 Å². The predicted molar refractivity (Wildman–Crippen MR) is 75.9 cm³/mol. The maximum Gasteiger partial charge on any atom is 0.339 e. The molecular formula is C16H15NO4. The molecule has 0 bridgehead atoms. The first-order valence-corrected chi connectivity index (χ1v) is 6.44. The van der Waals surface area contributed by atoms with E-state index in [0.717, 1.165) is 11.1 Å². The summed E-state index contributed by atoms with van der Waals surface area (Å²) in [5.41, 5.74) is 2.69. The van der Waals surface area contributed by atoms with Crippen molar-refractivity contribution >= 4 is 11.8 Å². The van der Waals surface area contributed by atoms with Crippen molar-refractivity contribution in [1.29, 1.82) is 0 Å². The Labute approximate surface area is 122 Å². The molecule has 0 atom stereocenters. The minimum Gasteiger partial charge on any atom is -0.619 e. The van der Waals surface area contributed by atoms with Crippen LogP contribution in [0.25, 0.3) is 0 Å². The summed E-state index contributed by atoms with van der Waals surface area (Å²) < 4.78 is 5.54. The Kier molecular flexibility index (Phi) is 4.33. The summed E-state index contributed by atoms with van der Waals surface area (Å²) in [6.45, 7) is 3.46. The Balaban J connectivity index is 2.00. The van der Waals surface area contributed by atoms with Gasteiger partial charge >= 0.3 is 5.97 Å². The van der Waals surface area contributed by atoms with Gasteiger partial charge in [0.15, 0.2) is 19.0 Å². The average Bonchev–Trinajstić information content (AvgIpc) is 2.45. The number of carbonyl (C=O) groups is 2. The number of ether oxygens (including phenoxy) is 1. The number of hydrogen-bond acceptors (Lipinski definition) is 4. The molecule has 0 spiro atoms. The van der Waals surface area contributed by atoms with Gasteiger partial charge in [-0.2, -0.15) is 4.73 Å². The maximum absolute atomic E-state index is 12.0. The standard InChI is InChI=1S/C16H15NO4/c1-11-3-4-14(12(2)9-11)15(18)10-21-16(19)13-5-7-17(20)8-6-13/h3-9H,10H2,1-2H3. The summed E-state index contributed by atoms with van der Waals surface area (Å²) >= 11 is 0. The molecule has 0 radical (unpaired) electrons. The number of nitrogens with zero attached hydrogens (tertiary/aromatic N) is 1. The SMILES string of the molecule is Cc1ccc(C(=O)COC(=O)c2cc[n+]([O-])cc2)c(C)c1. The largest absolute Gasteiger partial charge is 0.619 e. The lowest BCUT2D eigenvalue weighted by Gasteiger charge is -2.07. The Morgan fingerprint density at radius 1 is 1.14 bits per heavy atom. The average molecular weight is 285 g/mol. The molecule has 1 heterocycles. The second-order valence-corrected chi connectivity index (χ2v) is 4.76. The third-order valence-electron chi connectivity index (χ3n) is 3.05. The molecule has 2 aromatic rings. The smallest absolute Gasteiger partial charge is 0.339 e. The van der Waals surface area contributed by atoms with Gasteiger partial charge in [-0.15, -0.1) is 0 Å². The van der Waals surface area contributed by atoms with Crippen molar-refractivity contribution < 1.29 is 19.1 Å². The Hall–Kier alpha value is -2.69. The molecule has 0 aliphatic heterocycles. The second-order valence-electron chi connectivity index (χ2n) is 4.76. The summed E-state index contributed by atoms with van der Waals surface area (Å²) in [5.74, 6) is -0.885. The molecule has 1 aromatic carbocycles. The predicted octanol–water partition coefficient (Wildman–Crippen LogP) is 1.98. The lowest BCUT2D eigenvalue weighted by Crippen LogP contribution is -2.24. The highest BCUT2D eigenvalue weighted by atomic mass is 16.5. The molecule has 0 saturated carbocycles. The number of Topliss-reactive ketones (excluding diaryl/α,β-unsaturated/α-hetero) is 1. The lowest BCUT2D eigenvalue weighted by atomic mass is 10.0. The van der Waals surface area contributed by atoms with E-state index in [2.05, 4.69) is 0 Å². The summed E-state index contributed by atoms with van der Waals surface area (Å²) in [4.78, 5) is 23.8. The lowest BCUT2D eigenvalue weighted by molar-refractivity contribution is -0.605. The molecule has 108 valence electrons. The van der Waals surface area contributed by atoms with Crippen LogP contribution in [0.4, 0.5) is 0 Å². The van der Waals surface area contributed by atoms with Gasteiger partial charge in [0.1, 0.15) is 0 Å². The quantitative estimate of drug-likeness (QED) is 0.373. The van der Waals surface area contributed by atoms with Gasteiger partial charge in [-0.1, -0.05) is 23.8 Å². The Bertz CT molecular complexity index is 677. The number of hydrogen-bond donors (Lipinski definition) is 0. The van der Waals surface area contributed by atoms with E-state index in [-0.39, 0.29) is 18.0 Å². The minimum atomic E-state index is -0.631. The molecule has 0 fully saturated rings. The van der Waals surface area contributed by atoms with E-state index < -0.39 is 5.97 Å². The second kappa shape index (κ2) is 6.17. The van der Waals surface area contributed by atoms with Crippen molar-refractivity contribution in [3.05, 3.63) is 70.2 Å². The van der Waals surface area contributed by atoms with Crippen LogP contribution < -0.4 is 4.73 Å². The van der Waals surface area contributed by atoms with Gasteiger partial charge in [0, 0.05) is 17.7 Å². The fourth-order valence-corrected chi connectivity index (χ4v) is 1.97. The highest BCUT2D eigenvalue weighted by Crippen LogP contribution is 2.11. The molecule has 0 unspecified atom stereocenters. The van der Waals surface area contributed by atoms with E-state index in [0.29, 0.717) is 10.3 Å². The molecule has 5 nitrogen and oxygen atoms in total. The summed E-state index contributed by atoms with van der Waals surface area (Å²) in [6, 6.07) is 8.16. The van der Waals surface area contributed by atoms with Crippen molar-refractivity contribution in [2.75, 3.05) is 6.61 Å². The van der Waals surface area contributed by atoms with Crippen LogP contribution in [0.15, 0.2) is 42.7 Å². The van der Waals surface area contributed by atoms with Gasteiger partial charge in [0.2, 0.25) is 5.78 Å². The van der Waals surface area contributed by atoms with Crippen LogP contribution >= 0.6 is 0 Å². The van der Waals surface area contributed by atoms with Crippen LogP contribution in [0.5, 0.6) is 0 Å². The van der Waals surface area contributed by atoms with Crippen molar-refractivity contribution in [2.45, 2.75) is 13.8 Å². The zero-order chi connectivity index (χ0) is 15.4. The van der Waals surface area contributed by atoms with Crippen LogP contribution in [-0.4, -0.2) is 18.4 Å². The third-order valence-corrected chi connectivity index (χ3v) is 3.05. The number of aryl methyl sites for hydroxylation is 2. The number of benzene rings is 1. The fourth-order valence-electron chi connectivity index (χ4n) is 1.97. The third kappa shape index (κ3) is 3.66. The van der Waals surface area contributed by atoms with Gasteiger partial charge in [-0.25, -0.2) is 4.79 Å². The molecule has 5 heteroatoms. The number of aromatic nitrogens is 1. The van der Waals surface area contributed by atoms with Gasteiger partial charge in [-0.05, 0) is 19.4 Å². The highest BCUT2D eigenvalue weighted by molar-refractivity contribution is 6.00. The van der Waals surface area contributed by atoms with Crippen molar-refractivity contribution in [3.8, 4) is 0 Å². The summed E-state index contributed by atoms with van der Waals surface area (Å²) in [5, 5.41) is 10.9. The molecule has 0 N–H and O–H groups in total. The van der Waals surface area contributed by atoms with Crippen LogP contribution in [0.1, 0.15) is 31.8 Å². The molecule has 0 amide bonds. The first-order valence-electron chi connectivity index (χ1n) is 6.44. The van der Waals surface area contributed by atoms with Gasteiger partial charge in [0.25, 0.3) is 0 Å². The molecule has 2 rings (SSSR count). The van der Waals surface area contributed by atoms with Crippen molar-refractivity contribution in [2.24, 2.45) is 0 Å². The van der Waals surface area contributed by atoms with Crippen LogP contribution in [0.3, 0.4) is 0 Å². The number of rotatable bonds is 4. The van der Waals surface area contributed by atoms with Crippen molar-refractivity contribution in [1.82, 2.24) is 0 Å². The Morgan fingerprint density at radius 3 is 2.43 bits per heavy atom. The molecular weight excluding hydrogens is 270 g/mol. The van der Waals surface area contributed by atoms with Gasteiger partial charge in [0.05, 0.1) is 5.56 Å². The van der Waals surface area contributed by atoms with Crippen LogP contribution in [0, 0.1) is 19.1 Å². The topological polar surface area (TPSA) is 70.3 Å². The van der Waals surface area contributed by atoms with E-state index in [4.69, 9.17) is 4.74 Å². The van der Waals surface area contributed by atoms with Crippen LogP contribution in [-0.2, 0) is 4.74 Å². The number of pyridine rings is 1. The van der Waals surface area contributed by atoms with E-state index in [9.17, 15) is 14.8 Å². The molecule has 0 aliphatic carbocycles. The van der Waals surface area contributed by atoms with Crippen LogP contribution in [0.2, 0.25) is 0 Å². The molecule has 1 aromatic heterocycles. The zero-order valence-corrected chi connectivity index (χ0v) is 11.8. The monoisotopic (exact) mass is 285 g/mol. The Morgan fingerprint density at radius 2 is 1.81 bits per heavy atom. The number of esters is 1. The maximum atomic E-state index is 12.0. The van der Waals surface area contributed by atoms with Crippen molar-refractivity contribution in [3.63, 3.8) is 0 Å². The van der Waals surface area contributed by atoms with E-state index in [1.165, 1.54) is 24.5 Å². The van der Waals surface area contributed by atoms with E-state index in [1.807, 2.05) is 26.0 Å². The van der Waals surface area contributed by atoms with Gasteiger partial charge < -0.3 is 9.94 Å². The highest BCUT2D eigenvalue weighted by Gasteiger charge is 2.14. The molecule has 0 aliphatic rings. The minimum absolute atomic E-state index is 0.232. The number of ketones is 1. The first kappa shape index (κ1) is 14.7.